The maximum atomic E-state index is 14.6. The highest BCUT2D eigenvalue weighted by atomic mass is 79.9. The molecule has 0 bridgehead atoms. The predicted molar refractivity (Wildman–Crippen MR) is 107 cm³/mol. The lowest BCUT2D eigenvalue weighted by atomic mass is 10.0. The van der Waals surface area contributed by atoms with Crippen molar-refractivity contribution in [3.63, 3.8) is 0 Å². The summed E-state index contributed by atoms with van der Waals surface area (Å²) in [5, 5.41) is 8.22. The molecule has 0 radical (unpaired) electrons. The van der Waals surface area contributed by atoms with Crippen LogP contribution in [0.2, 0.25) is 0 Å². The first-order valence-corrected chi connectivity index (χ1v) is 9.65. The minimum atomic E-state index is -0.421. The van der Waals surface area contributed by atoms with Gasteiger partial charge in [0.15, 0.2) is 5.69 Å². The SMILES string of the molecule is COc1cccc(-n2nnc(C(=O)N3CCCc4cc(Br)cc(F)c43)c2C)c1. The maximum Gasteiger partial charge on any atom is 0.280 e. The molecular formula is C20H18BrFN4O2. The van der Waals surface area contributed by atoms with Crippen LogP contribution >= 0.6 is 15.9 Å². The Morgan fingerprint density at radius 1 is 1.29 bits per heavy atom. The monoisotopic (exact) mass is 444 g/mol. The predicted octanol–water partition coefficient (Wildman–Crippen LogP) is 4.08. The third kappa shape index (κ3) is 3.17. The molecule has 0 spiro atoms. The van der Waals surface area contributed by atoms with Crippen LogP contribution in [-0.2, 0) is 6.42 Å². The zero-order valence-electron chi connectivity index (χ0n) is 15.4. The molecule has 3 aromatic rings. The second kappa shape index (κ2) is 7.35. The Morgan fingerprint density at radius 3 is 2.89 bits per heavy atom. The first kappa shape index (κ1) is 18.6. The van der Waals surface area contributed by atoms with Gasteiger partial charge in [0, 0.05) is 17.1 Å². The van der Waals surface area contributed by atoms with E-state index < -0.39 is 5.82 Å². The van der Waals surface area contributed by atoms with Gasteiger partial charge < -0.3 is 9.64 Å². The molecular weight excluding hydrogens is 427 g/mol. The molecule has 28 heavy (non-hydrogen) atoms. The summed E-state index contributed by atoms with van der Waals surface area (Å²) in [6.07, 6.45) is 1.49. The third-order valence-electron chi connectivity index (χ3n) is 4.85. The number of benzene rings is 2. The molecule has 1 aliphatic heterocycles. The molecule has 0 atom stereocenters. The van der Waals surface area contributed by atoms with E-state index in [9.17, 15) is 9.18 Å². The summed E-state index contributed by atoms with van der Waals surface area (Å²) in [7, 11) is 1.59. The van der Waals surface area contributed by atoms with Crippen molar-refractivity contribution in [2.75, 3.05) is 18.6 Å². The second-order valence-electron chi connectivity index (χ2n) is 6.59. The first-order chi connectivity index (χ1) is 13.5. The van der Waals surface area contributed by atoms with Gasteiger partial charge in [0.2, 0.25) is 0 Å². The van der Waals surface area contributed by atoms with Gasteiger partial charge in [-0.3, -0.25) is 4.79 Å². The summed E-state index contributed by atoms with van der Waals surface area (Å²) in [6.45, 7) is 2.21. The Morgan fingerprint density at radius 2 is 2.11 bits per heavy atom. The average Bonchev–Trinajstić information content (AvgIpc) is 3.08. The van der Waals surface area contributed by atoms with Crippen molar-refractivity contribution in [1.29, 1.82) is 0 Å². The number of methoxy groups -OCH3 is 1. The highest BCUT2D eigenvalue weighted by Crippen LogP contribution is 2.34. The zero-order chi connectivity index (χ0) is 19.8. The van der Waals surface area contributed by atoms with Crippen LogP contribution in [0.15, 0.2) is 40.9 Å². The van der Waals surface area contributed by atoms with Crippen molar-refractivity contribution < 1.29 is 13.9 Å². The lowest BCUT2D eigenvalue weighted by molar-refractivity contribution is 0.0978. The number of hydrogen-bond acceptors (Lipinski definition) is 4. The van der Waals surface area contributed by atoms with E-state index in [2.05, 4.69) is 26.2 Å². The van der Waals surface area contributed by atoms with Gasteiger partial charge >= 0.3 is 0 Å². The molecule has 1 aromatic heterocycles. The van der Waals surface area contributed by atoms with Gasteiger partial charge in [-0.25, -0.2) is 9.07 Å². The number of hydrogen-bond donors (Lipinski definition) is 0. The van der Waals surface area contributed by atoms with E-state index >= 15 is 0 Å². The van der Waals surface area contributed by atoms with Crippen LogP contribution in [0.5, 0.6) is 5.75 Å². The van der Waals surface area contributed by atoms with E-state index in [1.807, 2.05) is 30.3 Å². The fraction of sp³-hybridized carbons (Fsp3) is 0.250. The molecule has 0 fully saturated rings. The van der Waals surface area contributed by atoms with Crippen LogP contribution in [-0.4, -0.2) is 34.6 Å². The number of ether oxygens (including phenoxy) is 1. The summed E-state index contributed by atoms with van der Waals surface area (Å²) >= 11 is 3.32. The Hall–Kier alpha value is -2.74. The highest BCUT2D eigenvalue weighted by molar-refractivity contribution is 9.10. The van der Waals surface area contributed by atoms with Crippen molar-refractivity contribution in [2.24, 2.45) is 0 Å². The van der Waals surface area contributed by atoms with Crippen LogP contribution in [0.1, 0.15) is 28.2 Å². The largest absolute Gasteiger partial charge is 0.497 e. The number of nitrogens with zero attached hydrogens (tertiary/aromatic N) is 4. The molecule has 0 saturated carbocycles. The Bertz CT molecular complexity index is 1070. The van der Waals surface area contributed by atoms with Crippen molar-refractivity contribution in [1.82, 2.24) is 15.0 Å². The van der Waals surface area contributed by atoms with E-state index in [0.29, 0.717) is 28.1 Å². The molecule has 0 N–H and O–H groups in total. The van der Waals surface area contributed by atoms with E-state index in [4.69, 9.17) is 4.74 Å². The third-order valence-corrected chi connectivity index (χ3v) is 5.30. The van der Waals surface area contributed by atoms with Gasteiger partial charge in [0.1, 0.15) is 11.6 Å². The number of anilines is 1. The van der Waals surface area contributed by atoms with Crippen LogP contribution in [0.4, 0.5) is 10.1 Å². The molecule has 2 aromatic carbocycles. The summed E-state index contributed by atoms with van der Waals surface area (Å²) in [5.74, 6) is -0.0954. The topological polar surface area (TPSA) is 60.2 Å². The molecule has 2 heterocycles. The first-order valence-electron chi connectivity index (χ1n) is 8.86. The van der Waals surface area contributed by atoms with Gasteiger partial charge in [0.25, 0.3) is 5.91 Å². The Balaban J connectivity index is 1.72. The fourth-order valence-corrected chi connectivity index (χ4v) is 3.97. The Kier molecular flexibility index (Phi) is 4.89. The van der Waals surface area contributed by atoms with Crippen molar-refractivity contribution >= 4 is 27.5 Å². The molecule has 144 valence electrons. The van der Waals surface area contributed by atoms with E-state index in [-0.39, 0.29) is 11.6 Å². The van der Waals surface area contributed by atoms with Crippen LogP contribution in [0.25, 0.3) is 5.69 Å². The number of amides is 1. The quantitative estimate of drug-likeness (QED) is 0.610. The smallest absolute Gasteiger partial charge is 0.280 e. The van der Waals surface area contributed by atoms with Gasteiger partial charge in [-0.2, -0.15) is 0 Å². The normalized spacial score (nSPS) is 13.4. The summed E-state index contributed by atoms with van der Waals surface area (Å²) < 4.78 is 22.1. The number of aryl methyl sites for hydroxylation is 1. The van der Waals surface area contributed by atoms with Crippen LogP contribution in [0, 0.1) is 12.7 Å². The van der Waals surface area contributed by atoms with Crippen LogP contribution in [0.3, 0.4) is 0 Å². The van der Waals surface area contributed by atoms with Gasteiger partial charge in [0.05, 0.1) is 24.2 Å². The lowest BCUT2D eigenvalue weighted by Crippen LogP contribution is -2.37. The van der Waals surface area contributed by atoms with E-state index in [1.54, 1.807) is 18.7 Å². The lowest BCUT2D eigenvalue weighted by Gasteiger charge is -2.29. The van der Waals surface area contributed by atoms with Crippen molar-refractivity contribution in [2.45, 2.75) is 19.8 Å². The molecule has 0 aliphatic carbocycles. The number of carbonyl (C=O) groups is 1. The van der Waals surface area contributed by atoms with E-state index in [1.165, 1.54) is 11.0 Å². The van der Waals surface area contributed by atoms with Crippen LogP contribution < -0.4 is 9.64 Å². The number of halogens is 2. The molecule has 6 nitrogen and oxygen atoms in total. The molecule has 1 amide bonds. The average molecular weight is 445 g/mol. The second-order valence-corrected chi connectivity index (χ2v) is 7.51. The zero-order valence-corrected chi connectivity index (χ0v) is 17.0. The number of rotatable bonds is 3. The summed E-state index contributed by atoms with van der Waals surface area (Å²) in [4.78, 5) is 14.7. The number of carbonyl (C=O) groups excluding carboxylic acids is 1. The summed E-state index contributed by atoms with van der Waals surface area (Å²) in [5.41, 5.74) is 2.66. The minimum absolute atomic E-state index is 0.206. The summed E-state index contributed by atoms with van der Waals surface area (Å²) in [6, 6.07) is 10.6. The Labute approximate surface area is 170 Å². The van der Waals surface area contributed by atoms with Gasteiger partial charge in [-0.1, -0.05) is 27.2 Å². The van der Waals surface area contributed by atoms with Crippen molar-refractivity contribution in [3.05, 3.63) is 63.6 Å². The van der Waals surface area contributed by atoms with Crippen molar-refractivity contribution in [3.8, 4) is 11.4 Å². The molecule has 0 saturated heterocycles. The van der Waals surface area contributed by atoms with E-state index in [0.717, 1.165) is 24.1 Å². The minimum Gasteiger partial charge on any atom is -0.497 e. The molecule has 8 heteroatoms. The number of fused-ring (bicyclic) bond motifs is 1. The van der Waals surface area contributed by atoms with Gasteiger partial charge in [-0.05, 0) is 49.6 Å². The highest BCUT2D eigenvalue weighted by Gasteiger charge is 2.30. The number of aromatic nitrogens is 3. The fourth-order valence-electron chi connectivity index (χ4n) is 3.50. The van der Waals surface area contributed by atoms with Gasteiger partial charge in [-0.15, -0.1) is 5.10 Å². The molecule has 1 aliphatic rings. The molecule has 4 rings (SSSR count). The standard InChI is InChI=1S/C20H18BrFN4O2/c1-12-18(23-24-26(12)15-6-3-7-16(11-15)28-2)20(27)25-8-4-5-13-9-14(21)10-17(22)19(13)25/h3,6-7,9-11H,4-5,8H2,1-2H3. The molecule has 0 unspecified atom stereocenters. The maximum absolute atomic E-state index is 14.6.